The molecule has 1 aliphatic carbocycles. The van der Waals surface area contributed by atoms with Gasteiger partial charge in [0.05, 0.1) is 5.54 Å². The van der Waals surface area contributed by atoms with Gasteiger partial charge in [-0.15, -0.1) is 0 Å². The van der Waals surface area contributed by atoms with E-state index >= 15 is 0 Å². The third-order valence-corrected chi connectivity index (χ3v) is 4.93. The number of nitrogens with zero attached hydrogens (tertiary/aromatic N) is 1. The first-order valence-corrected chi connectivity index (χ1v) is 7.51. The van der Waals surface area contributed by atoms with E-state index in [1.807, 2.05) is 6.07 Å². The van der Waals surface area contributed by atoms with Crippen LogP contribution in [-0.4, -0.2) is 18.6 Å². The molecule has 2 N–H and O–H groups in total. The fraction of sp³-hybridized carbons (Fsp3) is 0.625. The van der Waals surface area contributed by atoms with Crippen molar-refractivity contribution >= 4 is 5.69 Å². The van der Waals surface area contributed by atoms with Crippen molar-refractivity contribution in [3.8, 4) is 0 Å². The highest BCUT2D eigenvalue weighted by Crippen LogP contribution is 2.40. The molecule has 0 atom stereocenters. The van der Waals surface area contributed by atoms with Crippen LogP contribution >= 0.6 is 0 Å². The van der Waals surface area contributed by atoms with Gasteiger partial charge in [-0.2, -0.15) is 0 Å². The van der Waals surface area contributed by atoms with E-state index in [1.54, 1.807) is 12.1 Å². The summed E-state index contributed by atoms with van der Waals surface area (Å²) in [6.07, 6.45) is 8.45. The molecule has 1 heterocycles. The summed E-state index contributed by atoms with van der Waals surface area (Å²) < 4.78 is 13.6. The molecular weight excluding hydrogens is 239 g/mol. The summed E-state index contributed by atoms with van der Waals surface area (Å²) in [6, 6.07) is 5.21. The van der Waals surface area contributed by atoms with Crippen molar-refractivity contribution in [2.45, 2.75) is 50.5 Å². The molecule has 3 rings (SSSR count). The molecule has 104 valence electrons. The maximum absolute atomic E-state index is 13.6. The van der Waals surface area contributed by atoms with Gasteiger partial charge >= 0.3 is 0 Å². The van der Waals surface area contributed by atoms with E-state index in [0.29, 0.717) is 6.54 Å². The van der Waals surface area contributed by atoms with Gasteiger partial charge in [0.25, 0.3) is 0 Å². The van der Waals surface area contributed by atoms with Gasteiger partial charge in [0.1, 0.15) is 5.82 Å². The van der Waals surface area contributed by atoms with Gasteiger partial charge in [-0.25, -0.2) is 4.39 Å². The number of benzene rings is 1. The van der Waals surface area contributed by atoms with E-state index in [4.69, 9.17) is 5.73 Å². The number of fused-ring (bicyclic) bond motifs is 1. The van der Waals surface area contributed by atoms with E-state index in [9.17, 15) is 4.39 Å². The lowest BCUT2D eigenvalue weighted by Gasteiger charge is -2.43. The maximum Gasteiger partial charge on any atom is 0.125 e. The lowest BCUT2D eigenvalue weighted by Crippen LogP contribution is -2.53. The largest absolute Gasteiger partial charge is 0.364 e. The molecule has 1 fully saturated rings. The first-order chi connectivity index (χ1) is 9.25. The summed E-state index contributed by atoms with van der Waals surface area (Å²) in [5, 5.41) is 0. The van der Waals surface area contributed by atoms with Crippen molar-refractivity contribution in [1.29, 1.82) is 0 Å². The maximum atomic E-state index is 13.6. The molecule has 0 unspecified atom stereocenters. The Morgan fingerprint density at radius 1 is 1.16 bits per heavy atom. The van der Waals surface area contributed by atoms with Crippen LogP contribution in [0.1, 0.15) is 44.1 Å². The molecule has 0 aromatic heterocycles. The minimum Gasteiger partial charge on any atom is -0.364 e. The van der Waals surface area contributed by atoms with Crippen LogP contribution in [0.5, 0.6) is 0 Å². The highest BCUT2D eigenvalue weighted by atomic mass is 19.1. The lowest BCUT2D eigenvalue weighted by atomic mass is 9.88. The second-order valence-electron chi connectivity index (χ2n) is 6.02. The predicted octanol–water partition coefficient (Wildman–Crippen LogP) is 3.24. The van der Waals surface area contributed by atoms with Gasteiger partial charge in [0.2, 0.25) is 0 Å². The number of rotatable bonds is 2. The molecule has 1 aromatic carbocycles. The third kappa shape index (κ3) is 2.25. The molecule has 0 radical (unpaired) electrons. The zero-order chi connectivity index (χ0) is 13.3. The molecule has 0 saturated heterocycles. The van der Waals surface area contributed by atoms with E-state index in [2.05, 4.69) is 4.90 Å². The topological polar surface area (TPSA) is 29.3 Å². The van der Waals surface area contributed by atoms with Gasteiger partial charge in [-0.1, -0.05) is 31.7 Å². The van der Waals surface area contributed by atoms with Crippen molar-refractivity contribution in [2.75, 3.05) is 18.0 Å². The molecule has 0 spiro atoms. The molecular formula is C16H23FN2. The number of hydrogen-bond donors (Lipinski definition) is 1. The molecule has 0 bridgehead atoms. The molecule has 2 nitrogen and oxygen atoms in total. The van der Waals surface area contributed by atoms with Crippen LogP contribution in [0.3, 0.4) is 0 Å². The Morgan fingerprint density at radius 2 is 1.89 bits per heavy atom. The van der Waals surface area contributed by atoms with Crippen molar-refractivity contribution in [2.24, 2.45) is 5.73 Å². The molecule has 3 heteroatoms. The highest BCUT2D eigenvalue weighted by molar-refractivity contribution is 5.60. The van der Waals surface area contributed by atoms with Crippen molar-refractivity contribution in [3.05, 3.63) is 29.6 Å². The molecule has 19 heavy (non-hydrogen) atoms. The summed E-state index contributed by atoms with van der Waals surface area (Å²) in [6.45, 7) is 1.68. The number of hydrogen-bond acceptors (Lipinski definition) is 2. The van der Waals surface area contributed by atoms with E-state index in [-0.39, 0.29) is 11.4 Å². The monoisotopic (exact) mass is 262 g/mol. The van der Waals surface area contributed by atoms with Crippen molar-refractivity contribution in [3.63, 3.8) is 0 Å². The van der Waals surface area contributed by atoms with Crippen molar-refractivity contribution in [1.82, 2.24) is 0 Å². The first-order valence-electron chi connectivity index (χ1n) is 7.51. The van der Waals surface area contributed by atoms with E-state index in [1.165, 1.54) is 31.2 Å². The summed E-state index contributed by atoms with van der Waals surface area (Å²) in [7, 11) is 0. The molecule has 2 aliphatic rings. The van der Waals surface area contributed by atoms with Crippen LogP contribution in [0, 0.1) is 5.82 Å². The van der Waals surface area contributed by atoms with Crippen LogP contribution in [-0.2, 0) is 6.42 Å². The minimum atomic E-state index is -0.133. The highest BCUT2D eigenvalue weighted by Gasteiger charge is 2.39. The lowest BCUT2D eigenvalue weighted by molar-refractivity contribution is 0.353. The van der Waals surface area contributed by atoms with Crippen LogP contribution in [0.4, 0.5) is 10.1 Å². The van der Waals surface area contributed by atoms with Gasteiger partial charge in [-0.3, -0.25) is 0 Å². The fourth-order valence-electron chi connectivity index (χ4n) is 3.82. The van der Waals surface area contributed by atoms with E-state index < -0.39 is 0 Å². The summed E-state index contributed by atoms with van der Waals surface area (Å²) in [5.74, 6) is -0.133. The second-order valence-corrected chi connectivity index (χ2v) is 6.02. The normalized spacial score (nSPS) is 22.1. The number of halogens is 1. The molecule has 1 aromatic rings. The second kappa shape index (κ2) is 5.12. The number of anilines is 1. The smallest absolute Gasteiger partial charge is 0.125 e. The third-order valence-electron chi connectivity index (χ3n) is 4.93. The Morgan fingerprint density at radius 3 is 2.58 bits per heavy atom. The zero-order valence-electron chi connectivity index (χ0n) is 11.5. The Balaban J connectivity index is 1.95. The Bertz CT molecular complexity index is 450. The first kappa shape index (κ1) is 12.9. The van der Waals surface area contributed by atoms with E-state index in [0.717, 1.165) is 31.5 Å². The molecule has 1 saturated carbocycles. The Labute approximate surface area is 114 Å². The van der Waals surface area contributed by atoms with Crippen LogP contribution in [0.25, 0.3) is 0 Å². The zero-order valence-corrected chi connectivity index (χ0v) is 11.5. The van der Waals surface area contributed by atoms with Gasteiger partial charge in [-0.05, 0) is 37.0 Å². The average Bonchev–Trinajstić information content (AvgIpc) is 2.69. The summed E-state index contributed by atoms with van der Waals surface area (Å²) in [4.78, 5) is 2.41. The van der Waals surface area contributed by atoms with Crippen LogP contribution < -0.4 is 10.6 Å². The van der Waals surface area contributed by atoms with Crippen LogP contribution in [0.15, 0.2) is 18.2 Å². The van der Waals surface area contributed by atoms with Gasteiger partial charge in [0, 0.05) is 18.8 Å². The average molecular weight is 262 g/mol. The summed E-state index contributed by atoms with van der Waals surface area (Å²) >= 11 is 0. The Kier molecular flexibility index (Phi) is 3.48. The summed E-state index contributed by atoms with van der Waals surface area (Å²) in [5.41, 5.74) is 8.58. The quantitative estimate of drug-likeness (QED) is 0.829. The van der Waals surface area contributed by atoms with Gasteiger partial charge < -0.3 is 10.6 Å². The fourth-order valence-corrected chi connectivity index (χ4v) is 3.82. The number of nitrogens with two attached hydrogens (primary N) is 1. The SMILES string of the molecule is NCC1(N2CCc3ccc(F)cc32)CCCCCC1. The molecule has 0 amide bonds. The Hall–Kier alpha value is -1.09. The minimum absolute atomic E-state index is 0.0650. The van der Waals surface area contributed by atoms with Gasteiger partial charge in [0.15, 0.2) is 0 Å². The predicted molar refractivity (Wildman–Crippen MR) is 76.9 cm³/mol. The molecule has 1 aliphatic heterocycles. The van der Waals surface area contributed by atoms with Crippen molar-refractivity contribution < 1.29 is 4.39 Å². The standard InChI is InChI=1S/C16H23FN2/c17-14-6-5-13-7-10-19(15(13)11-14)16(12-18)8-3-1-2-4-9-16/h5-6,11H,1-4,7-10,12,18H2. The van der Waals surface area contributed by atoms with Crippen LogP contribution in [0.2, 0.25) is 0 Å².